The molecule has 0 unspecified atom stereocenters. The van der Waals surface area contributed by atoms with Crippen LogP contribution < -0.4 is 5.32 Å². The molecular formula is C9H5BrF3N3O. The zero-order chi connectivity index (χ0) is 12.6. The smallest absolute Gasteiger partial charge is 0.318 e. The van der Waals surface area contributed by atoms with E-state index in [0.717, 1.165) is 0 Å². The maximum atomic E-state index is 12.0. The molecule has 0 saturated heterocycles. The van der Waals surface area contributed by atoms with Crippen LogP contribution in [0.4, 0.5) is 18.9 Å². The first-order valence-corrected chi connectivity index (χ1v) is 5.19. The Morgan fingerprint density at radius 1 is 1.41 bits per heavy atom. The molecule has 2 aromatic rings. The lowest BCUT2D eigenvalue weighted by molar-refractivity contribution is -0.167. The molecular weight excluding hydrogens is 303 g/mol. The van der Waals surface area contributed by atoms with E-state index < -0.39 is 12.1 Å². The summed E-state index contributed by atoms with van der Waals surface area (Å²) < 4.78 is 38.1. The largest absolute Gasteiger partial charge is 0.471 e. The van der Waals surface area contributed by atoms with Crippen molar-refractivity contribution in [3.05, 3.63) is 29.0 Å². The Kier molecular flexibility index (Phi) is 2.82. The molecule has 0 fully saturated rings. The predicted molar refractivity (Wildman–Crippen MR) is 57.6 cm³/mol. The van der Waals surface area contributed by atoms with E-state index in [-0.39, 0.29) is 5.69 Å². The first-order chi connectivity index (χ1) is 7.88. The molecule has 0 spiro atoms. The summed E-state index contributed by atoms with van der Waals surface area (Å²) in [5, 5.41) is 5.69. The minimum absolute atomic E-state index is 0.0483. The molecule has 2 aromatic heterocycles. The minimum atomic E-state index is -4.90. The van der Waals surface area contributed by atoms with Crippen molar-refractivity contribution in [2.45, 2.75) is 6.18 Å². The van der Waals surface area contributed by atoms with Crippen molar-refractivity contribution in [2.75, 3.05) is 5.32 Å². The topological polar surface area (TPSA) is 46.4 Å². The number of alkyl halides is 3. The van der Waals surface area contributed by atoms with Gasteiger partial charge in [0, 0.05) is 5.69 Å². The summed E-state index contributed by atoms with van der Waals surface area (Å²) in [5.41, 5.74) is 0.615. The number of hydrogen-bond donors (Lipinski definition) is 1. The molecule has 4 nitrogen and oxygen atoms in total. The van der Waals surface area contributed by atoms with Crippen LogP contribution >= 0.6 is 15.9 Å². The summed E-state index contributed by atoms with van der Waals surface area (Å²) in [4.78, 5) is 10.7. The van der Waals surface area contributed by atoms with Gasteiger partial charge in [0.05, 0.1) is 11.7 Å². The Morgan fingerprint density at radius 3 is 2.76 bits per heavy atom. The molecule has 0 saturated carbocycles. The van der Waals surface area contributed by atoms with Crippen molar-refractivity contribution in [1.82, 2.24) is 9.61 Å². The number of halogens is 4. The summed E-state index contributed by atoms with van der Waals surface area (Å²) >= 11 is 3.14. The molecule has 0 radical (unpaired) electrons. The third-order valence-electron chi connectivity index (χ3n) is 1.97. The normalized spacial score (nSPS) is 11.8. The molecule has 2 heterocycles. The van der Waals surface area contributed by atoms with Crippen LogP contribution in [0.5, 0.6) is 0 Å². The quantitative estimate of drug-likeness (QED) is 0.823. The molecule has 0 aromatic carbocycles. The summed E-state index contributed by atoms with van der Waals surface area (Å²) in [7, 11) is 0. The predicted octanol–water partition coefficient (Wildman–Crippen LogP) is 2.60. The second kappa shape index (κ2) is 4.02. The monoisotopic (exact) mass is 307 g/mol. The van der Waals surface area contributed by atoms with Gasteiger partial charge in [0.25, 0.3) is 0 Å². The van der Waals surface area contributed by atoms with E-state index >= 15 is 0 Å². The highest BCUT2D eigenvalue weighted by molar-refractivity contribution is 9.10. The van der Waals surface area contributed by atoms with Crippen LogP contribution in [0.1, 0.15) is 0 Å². The van der Waals surface area contributed by atoms with E-state index in [1.54, 1.807) is 11.4 Å². The molecule has 2 rings (SSSR count). The molecule has 0 aliphatic heterocycles. The van der Waals surface area contributed by atoms with Crippen LogP contribution in [-0.2, 0) is 4.79 Å². The lowest BCUT2D eigenvalue weighted by Gasteiger charge is -2.08. The zero-order valence-electron chi connectivity index (χ0n) is 8.12. The fraction of sp³-hybridized carbons (Fsp3) is 0.111. The molecule has 0 aliphatic carbocycles. The van der Waals surface area contributed by atoms with Crippen LogP contribution in [-0.4, -0.2) is 21.7 Å². The van der Waals surface area contributed by atoms with E-state index in [1.165, 1.54) is 22.8 Å². The highest BCUT2D eigenvalue weighted by Crippen LogP contribution is 2.22. The number of rotatable bonds is 1. The third-order valence-corrected chi connectivity index (χ3v) is 2.53. The summed E-state index contributed by atoms with van der Waals surface area (Å²) in [5.74, 6) is -2.01. The van der Waals surface area contributed by atoms with Gasteiger partial charge in [-0.05, 0) is 34.1 Å². The van der Waals surface area contributed by atoms with Crippen LogP contribution in [0.3, 0.4) is 0 Å². The first-order valence-electron chi connectivity index (χ1n) is 4.39. The lowest BCUT2D eigenvalue weighted by Crippen LogP contribution is -2.29. The molecule has 0 bridgehead atoms. The molecule has 0 atom stereocenters. The average molecular weight is 308 g/mol. The standard InChI is InChI=1S/C9H5BrF3N3O/c10-7-4-5(15-8(17)9(11,12)13)3-6-1-2-14-16(6)7/h1-4H,(H,15,17). The van der Waals surface area contributed by atoms with Crippen LogP contribution in [0.15, 0.2) is 29.0 Å². The van der Waals surface area contributed by atoms with Gasteiger partial charge in [-0.15, -0.1) is 0 Å². The van der Waals surface area contributed by atoms with Gasteiger partial charge in [0.1, 0.15) is 4.60 Å². The van der Waals surface area contributed by atoms with E-state index in [4.69, 9.17) is 0 Å². The van der Waals surface area contributed by atoms with Crippen molar-refractivity contribution in [2.24, 2.45) is 0 Å². The van der Waals surface area contributed by atoms with Gasteiger partial charge in [-0.25, -0.2) is 4.52 Å². The first kappa shape index (κ1) is 11.9. The van der Waals surface area contributed by atoms with Crippen LogP contribution in [0.2, 0.25) is 0 Å². The molecule has 1 amide bonds. The van der Waals surface area contributed by atoms with Gasteiger partial charge in [-0.3, -0.25) is 4.79 Å². The van der Waals surface area contributed by atoms with Gasteiger partial charge in [0.15, 0.2) is 0 Å². The fourth-order valence-corrected chi connectivity index (χ4v) is 1.81. The van der Waals surface area contributed by atoms with Crippen molar-refractivity contribution < 1.29 is 18.0 Å². The molecule has 1 N–H and O–H groups in total. The number of aromatic nitrogens is 2. The highest BCUT2D eigenvalue weighted by Gasteiger charge is 2.38. The number of nitrogens with one attached hydrogen (secondary N) is 1. The number of anilines is 1. The molecule has 17 heavy (non-hydrogen) atoms. The van der Waals surface area contributed by atoms with Gasteiger partial charge in [0.2, 0.25) is 0 Å². The Hall–Kier alpha value is -1.57. The van der Waals surface area contributed by atoms with E-state index in [2.05, 4.69) is 21.0 Å². The third kappa shape index (κ3) is 2.41. The zero-order valence-corrected chi connectivity index (χ0v) is 9.71. The maximum Gasteiger partial charge on any atom is 0.471 e. The fourth-order valence-electron chi connectivity index (χ4n) is 1.27. The Balaban J connectivity index is 2.34. The van der Waals surface area contributed by atoms with E-state index in [9.17, 15) is 18.0 Å². The summed E-state index contributed by atoms with van der Waals surface area (Å²) in [6.45, 7) is 0. The second-order valence-corrected chi connectivity index (χ2v) is 4.00. The molecule has 90 valence electrons. The van der Waals surface area contributed by atoms with Crippen molar-refractivity contribution >= 4 is 33.0 Å². The number of carbonyl (C=O) groups excluding carboxylic acids is 1. The van der Waals surface area contributed by atoms with Crippen LogP contribution in [0.25, 0.3) is 5.52 Å². The van der Waals surface area contributed by atoms with Gasteiger partial charge >= 0.3 is 12.1 Å². The van der Waals surface area contributed by atoms with E-state index in [1.807, 2.05) is 0 Å². The van der Waals surface area contributed by atoms with Crippen molar-refractivity contribution in [3.63, 3.8) is 0 Å². The van der Waals surface area contributed by atoms with Crippen LogP contribution in [0, 0.1) is 0 Å². The Labute approximate surface area is 102 Å². The second-order valence-electron chi connectivity index (χ2n) is 3.19. The SMILES string of the molecule is O=C(Nc1cc(Br)n2nccc2c1)C(F)(F)F. The Bertz CT molecular complexity index is 578. The summed E-state index contributed by atoms with van der Waals surface area (Å²) in [6, 6.07) is 4.33. The van der Waals surface area contributed by atoms with Gasteiger partial charge in [-0.2, -0.15) is 18.3 Å². The number of carbonyl (C=O) groups is 1. The maximum absolute atomic E-state index is 12.0. The average Bonchev–Trinajstić information content (AvgIpc) is 2.64. The van der Waals surface area contributed by atoms with Crippen molar-refractivity contribution in [1.29, 1.82) is 0 Å². The van der Waals surface area contributed by atoms with Gasteiger partial charge in [-0.1, -0.05) is 0 Å². The number of hydrogen-bond acceptors (Lipinski definition) is 2. The van der Waals surface area contributed by atoms with E-state index in [0.29, 0.717) is 10.1 Å². The minimum Gasteiger partial charge on any atom is -0.318 e. The number of nitrogens with zero attached hydrogens (tertiary/aromatic N) is 2. The lowest BCUT2D eigenvalue weighted by atomic mass is 10.3. The number of amides is 1. The molecule has 0 aliphatic rings. The molecule has 8 heteroatoms. The highest BCUT2D eigenvalue weighted by atomic mass is 79.9. The van der Waals surface area contributed by atoms with Gasteiger partial charge < -0.3 is 5.32 Å². The Morgan fingerprint density at radius 2 is 2.12 bits per heavy atom. The number of pyridine rings is 1. The van der Waals surface area contributed by atoms with Crippen molar-refractivity contribution in [3.8, 4) is 0 Å². The summed E-state index contributed by atoms with van der Waals surface area (Å²) in [6.07, 6.45) is -3.41. The number of fused-ring (bicyclic) bond motifs is 1.